The lowest BCUT2D eigenvalue weighted by Crippen LogP contribution is -2.44. The van der Waals surface area contributed by atoms with Crippen LogP contribution in [0.2, 0.25) is 0 Å². The molecule has 3 aromatic rings. The maximum Gasteiger partial charge on any atom is 0.258 e. The Hall–Kier alpha value is -3.47. The molecule has 1 amide bonds. The molecule has 1 aliphatic heterocycles. The molecule has 30 heavy (non-hydrogen) atoms. The quantitative estimate of drug-likeness (QED) is 0.632. The third-order valence-electron chi connectivity index (χ3n) is 5.64. The minimum Gasteiger partial charge on any atom is -0.493 e. The average molecular weight is 400 g/mol. The first kappa shape index (κ1) is 18.6. The van der Waals surface area contributed by atoms with Crippen LogP contribution in [0.1, 0.15) is 40.5 Å². The molecule has 0 unspecified atom stereocenters. The Bertz CT molecular complexity index is 1060. The van der Waals surface area contributed by atoms with Crippen LogP contribution < -0.4 is 14.8 Å². The number of amides is 1. The topological polar surface area (TPSA) is 50.8 Å². The number of methoxy groups -OCH3 is 1. The van der Waals surface area contributed by atoms with Crippen molar-refractivity contribution in [2.75, 3.05) is 12.4 Å². The first-order valence-electron chi connectivity index (χ1n) is 10.3. The van der Waals surface area contributed by atoms with Crippen LogP contribution in [0.3, 0.4) is 0 Å². The Balaban J connectivity index is 1.43. The van der Waals surface area contributed by atoms with Crippen molar-refractivity contribution in [3.05, 3.63) is 89.5 Å². The minimum absolute atomic E-state index is 0.0835. The summed E-state index contributed by atoms with van der Waals surface area (Å²) in [5, 5.41) is 3.55. The average Bonchev–Trinajstić information content (AvgIpc) is 3.63. The molecule has 1 heterocycles. The highest BCUT2D eigenvalue weighted by Crippen LogP contribution is 2.42. The molecule has 1 saturated carbocycles. The normalized spacial score (nSPS) is 17.8. The number of hydrogen-bond donors (Lipinski definition) is 1. The number of nitrogens with zero attached hydrogens (tertiary/aromatic N) is 1. The fourth-order valence-corrected chi connectivity index (χ4v) is 3.95. The molecule has 0 bridgehead atoms. The van der Waals surface area contributed by atoms with Crippen LogP contribution in [-0.2, 0) is 6.61 Å². The molecule has 5 heteroatoms. The SMILES string of the molecule is COc1cc([C@@H]2Nc3ccccc3C(=O)N2C2CC2)ccc1OCc1ccccc1. The number of carbonyl (C=O) groups is 1. The van der Waals surface area contributed by atoms with E-state index in [0.29, 0.717) is 18.1 Å². The van der Waals surface area contributed by atoms with Crippen molar-refractivity contribution in [3.63, 3.8) is 0 Å². The lowest BCUT2D eigenvalue weighted by atomic mass is 10.0. The molecule has 1 aliphatic carbocycles. The number of hydrogen-bond acceptors (Lipinski definition) is 4. The van der Waals surface area contributed by atoms with Gasteiger partial charge in [0.2, 0.25) is 0 Å². The Labute approximate surface area is 176 Å². The van der Waals surface area contributed by atoms with Gasteiger partial charge in [-0.2, -0.15) is 0 Å². The predicted octanol–water partition coefficient (Wildman–Crippen LogP) is 5.00. The van der Waals surface area contributed by atoms with Gasteiger partial charge in [-0.3, -0.25) is 4.79 Å². The standard InChI is InChI=1S/C25H24N2O3/c1-29-23-15-18(11-14-22(23)30-16-17-7-3-2-4-8-17)24-26-21-10-6-5-9-20(21)25(28)27(24)19-12-13-19/h2-11,14-15,19,24,26H,12-13,16H2,1H3/t24-/m1/s1. The second kappa shape index (κ2) is 7.75. The maximum atomic E-state index is 13.2. The van der Waals surface area contributed by atoms with E-state index in [0.717, 1.165) is 35.2 Å². The third-order valence-corrected chi connectivity index (χ3v) is 5.64. The van der Waals surface area contributed by atoms with E-state index in [1.165, 1.54) is 0 Å². The predicted molar refractivity (Wildman–Crippen MR) is 116 cm³/mol. The van der Waals surface area contributed by atoms with Crippen molar-refractivity contribution in [3.8, 4) is 11.5 Å². The van der Waals surface area contributed by atoms with Crippen molar-refractivity contribution >= 4 is 11.6 Å². The zero-order chi connectivity index (χ0) is 20.5. The molecular formula is C25H24N2O3. The van der Waals surface area contributed by atoms with Gasteiger partial charge in [-0.25, -0.2) is 0 Å². The first-order valence-corrected chi connectivity index (χ1v) is 10.3. The summed E-state index contributed by atoms with van der Waals surface area (Å²) in [5.41, 5.74) is 3.68. The Morgan fingerprint density at radius 1 is 0.967 bits per heavy atom. The van der Waals surface area contributed by atoms with Gasteiger partial charge in [0.1, 0.15) is 12.8 Å². The first-order chi connectivity index (χ1) is 14.7. The molecule has 5 nitrogen and oxygen atoms in total. The van der Waals surface area contributed by atoms with Crippen molar-refractivity contribution in [2.24, 2.45) is 0 Å². The summed E-state index contributed by atoms with van der Waals surface area (Å²) in [6, 6.07) is 23.9. The Kier molecular flexibility index (Phi) is 4.79. The molecular weight excluding hydrogens is 376 g/mol. The molecule has 1 atom stereocenters. The number of rotatable bonds is 6. The second-order valence-corrected chi connectivity index (χ2v) is 7.72. The van der Waals surface area contributed by atoms with E-state index in [9.17, 15) is 4.79 Å². The molecule has 5 rings (SSSR count). The highest BCUT2D eigenvalue weighted by atomic mass is 16.5. The van der Waals surface area contributed by atoms with Crippen molar-refractivity contribution in [1.82, 2.24) is 4.90 Å². The van der Waals surface area contributed by atoms with E-state index in [-0.39, 0.29) is 18.1 Å². The van der Waals surface area contributed by atoms with Crippen LogP contribution >= 0.6 is 0 Å². The molecule has 0 spiro atoms. The van der Waals surface area contributed by atoms with Gasteiger partial charge in [0.05, 0.1) is 12.7 Å². The molecule has 0 saturated heterocycles. The number of para-hydroxylation sites is 1. The largest absolute Gasteiger partial charge is 0.493 e. The summed E-state index contributed by atoms with van der Waals surface area (Å²) in [6.45, 7) is 0.471. The van der Waals surface area contributed by atoms with Crippen molar-refractivity contribution < 1.29 is 14.3 Å². The third kappa shape index (κ3) is 3.47. The van der Waals surface area contributed by atoms with E-state index >= 15 is 0 Å². The number of ether oxygens (including phenoxy) is 2. The molecule has 0 radical (unpaired) electrons. The highest BCUT2D eigenvalue weighted by Gasteiger charge is 2.42. The number of benzene rings is 3. The number of fused-ring (bicyclic) bond motifs is 1. The molecule has 3 aromatic carbocycles. The molecule has 152 valence electrons. The van der Waals surface area contributed by atoms with Crippen molar-refractivity contribution in [1.29, 1.82) is 0 Å². The summed E-state index contributed by atoms with van der Waals surface area (Å²) in [6.07, 6.45) is 1.86. The Morgan fingerprint density at radius 3 is 2.50 bits per heavy atom. The zero-order valence-corrected chi connectivity index (χ0v) is 16.9. The summed E-state index contributed by atoms with van der Waals surface area (Å²) >= 11 is 0. The van der Waals surface area contributed by atoms with Gasteiger partial charge in [0.15, 0.2) is 11.5 Å². The summed E-state index contributed by atoms with van der Waals surface area (Å²) in [4.78, 5) is 15.2. The van der Waals surface area contributed by atoms with Gasteiger partial charge in [-0.1, -0.05) is 48.5 Å². The molecule has 2 aliphatic rings. The van der Waals surface area contributed by atoms with Crippen LogP contribution in [0.25, 0.3) is 0 Å². The smallest absolute Gasteiger partial charge is 0.258 e. The van der Waals surface area contributed by atoms with E-state index in [1.807, 2.05) is 77.7 Å². The fraction of sp³-hybridized carbons (Fsp3) is 0.240. The monoisotopic (exact) mass is 400 g/mol. The van der Waals surface area contributed by atoms with Crippen LogP contribution in [0, 0.1) is 0 Å². The summed E-state index contributed by atoms with van der Waals surface area (Å²) in [5.74, 6) is 1.43. The second-order valence-electron chi connectivity index (χ2n) is 7.72. The highest BCUT2D eigenvalue weighted by molar-refractivity contribution is 6.02. The van der Waals surface area contributed by atoms with Gasteiger partial charge in [-0.15, -0.1) is 0 Å². The van der Waals surface area contributed by atoms with E-state index in [2.05, 4.69) is 5.32 Å². The van der Waals surface area contributed by atoms with Crippen molar-refractivity contribution in [2.45, 2.75) is 31.7 Å². The fourth-order valence-electron chi connectivity index (χ4n) is 3.95. The van der Waals surface area contributed by atoms with E-state index in [4.69, 9.17) is 9.47 Å². The van der Waals surface area contributed by atoms with Gasteiger partial charge in [-0.05, 0) is 48.2 Å². The zero-order valence-electron chi connectivity index (χ0n) is 16.9. The number of carbonyl (C=O) groups excluding carboxylic acids is 1. The maximum absolute atomic E-state index is 13.2. The van der Waals surface area contributed by atoms with Crippen LogP contribution in [0.15, 0.2) is 72.8 Å². The summed E-state index contributed by atoms with van der Waals surface area (Å²) < 4.78 is 11.6. The van der Waals surface area contributed by atoms with Gasteiger partial charge < -0.3 is 19.7 Å². The van der Waals surface area contributed by atoms with Gasteiger partial charge in [0, 0.05) is 11.7 Å². The Morgan fingerprint density at radius 2 is 1.73 bits per heavy atom. The summed E-state index contributed by atoms with van der Waals surface area (Å²) in [7, 11) is 1.64. The lowest BCUT2D eigenvalue weighted by molar-refractivity contribution is 0.0666. The van der Waals surface area contributed by atoms with Gasteiger partial charge in [0.25, 0.3) is 5.91 Å². The minimum atomic E-state index is -0.225. The number of nitrogens with one attached hydrogen (secondary N) is 1. The van der Waals surface area contributed by atoms with Crippen LogP contribution in [0.5, 0.6) is 11.5 Å². The molecule has 1 N–H and O–H groups in total. The van der Waals surface area contributed by atoms with Crippen LogP contribution in [0.4, 0.5) is 5.69 Å². The molecule has 0 aromatic heterocycles. The van der Waals surface area contributed by atoms with E-state index in [1.54, 1.807) is 7.11 Å². The van der Waals surface area contributed by atoms with Gasteiger partial charge >= 0.3 is 0 Å². The van der Waals surface area contributed by atoms with E-state index < -0.39 is 0 Å². The lowest BCUT2D eigenvalue weighted by Gasteiger charge is -2.38. The molecule has 1 fully saturated rings. The number of anilines is 1. The van der Waals surface area contributed by atoms with Crippen LogP contribution in [-0.4, -0.2) is 24.0 Å².